The van der Waals surface area contributed by atoms with E-state index >= 15 is 0 Å². The smallest absolute Gasteiger partial charge is 0.124 e. The Morgan fingerprint density at radius 3 is 2.46 bits per heavy atom. The molecule has 0 fully saturated rings. The summed E-state index contributed by atoms with van der Waals surface area (Å²) in [5.74, 6) is 0. The van der Waals surface area contributed by atoms with Gasteiger partial charge in [-0.2, -0.15) is 0 Å². The Morgan fingerprint density at radius 2 is 1.71 bits per heavy atom. The normalized spacial score (nSPS) is 11.1. The van der Waals surface area contributed by atoms with Crippen LogP contribution in [0, 0.1) is 6.92 Å². The lowest BCUT2D eigenvalue weighted by molar-refractivity contribution is 1.29. The molecule has 1 heterocycles. The molecule has 0 bridgehead atoms. The van der Waals surface area contributed by atoms with Crippen molar-refractivity contribution in [1.29, 1.82) is 0 Å². The van der Waals surface area contributed by atoms with Gasteiger partial charge in [0.05, 0.1) is 15.2 Å². The molecule has 0 radical (unpaired) electrons. The standard InChI is InChI=1S/C20H14ClNS2/c1-13-5-4-6-16(21)19(13)23-15-11-9-14(10-12-15)20-22-17-7-2-3-8-18(17)24-20/h2-12H,1H3. The molecule has 0 aliphatic rings. The number of hydrogen-bond acceptors (Lipinski definition) is 3. The second kappa shape index (κ2) is 6.60. The van der Waals surface area contributed by atoms with Gasteiger partial charge < -0.3 is 0 Å². The van der Waals surface area contributed by atoms with Gasteiger partial charge in [-0.3, -0.25) is 0 Å². The highest BCUT2D eigenvalue weighted by Gasteiger charge is 2.08. The highest BCUT2D eigenvalue weighted by molar-refractivity contribution is 7.99. The minimum atomic E-state index is 0.801. The number of thiazole rings is 1. The lowest BCUT2D eigenvalue weighted by Gasteiger charge is -2.08. The molecule has 0 aliphatic carbocycles. The second-order valence-corrected chi connectivity index (χ2v) is 8.02. The number of para-hydroxylation sites is 1. The number of halogens is 1. The zero-order chi connectivity index (χ0) is 16.5. The number of fused-ring (bicyclic) bond motifs is 1. The minimum Gasteiger partial charge on any atom is -0.236 e. The van der Waals surface area contributed by atoms with E-state index < -0.39 is 0 Å². The van der Waals surface area contributed by atoms with Gasteiger partial charge in [-0.15, -0.1) is 11.3 Å². The Bertz CT molecular complexity index is 953. The molecule has 4 heteroatoms. The van der Waals surface area contributed by atoms with Gasteiger partial charge in [0, 0.05) is 15.4 Å². The molecule has 1 aromatic heterocycles. The van der Waals surface area contributed by atoms with Gasteiger partial charge in [-0.25, -0.2) is 4.98 Å². The van der Waals surface area contributed by atoms with Crippen molar-refractivity contribution in [3.05, 3.63) is 77.3 Å². The third kappa shape index (κ3) is 3.07. The molecular weight excluding hydrogens is 354 g/mol. The topological polar surface area (TPSA) is 12.9 Å². The number of benzene rings is 3. The average molecular weight is 368 g/mol. The molecule has 4 rings (SSSR count). The van der Waals surface area contributed by atoms with E-state index in [1.165, 1.54) is 15.2 Å². The molecule has 24 heavy (non-hydrogen) atoms. The molecule has 0 N–H and O–H groups in total. The summed E-state index contributed by atoms with van der Waals surface area (Å²) in [6.45, 7) is 2.09. The van der Waals surface area contributed by atoms with E-state index in [4.69, 9.17) is 16.6 Å². The summed E-state index contributed by atoms with van der Waals surface area (Å²) in [6, 6.07) is 22.8. The highest BCUT2D eigenvalue weighted by Crippen LogP contribution is 2.37. The molecule has 0 saturated heterocycles. The van der Waals surface area contributed by atoms with Crippen LogP contribution in [0.1, 0.15) is 5.56 Å². The van der Waals surface area contributed by atoms with Gasteiger partial charge in [0.15, 0.2) is 0 Å². The van der Waals surface area contributed by atoms with Crippen molar-refractivity contribution in [2.75, 3.05) is 0 Å². The van der Waals surface area contributed by atoms with E-state index in [1.54, 1.807) is 23.1 Å². The van der Waals surface area contributed by atoms with Gasteiger partial charge in [0.1, 0.15) is 5.01 Å². The highest BCUT2D eigenvalue weighted by atomic mass is 35.5. The van der Waals surface area contributed by atoms with E-state index in [1.807, 2.05) is 18.2 Å². The van der Waals surface area contributed by atoms with Crippen molar-refractivity contribution in [2.45, 2.75) is 16.7 Å². The summed E-state index contributed by atoms with van der Waals surface area (Å²) in [6.07, 6.45) is 0. The van der Waals surface area contributed by atoms with Crippen molar-refractivity contribution < 1.29 is 0 Å². The molecule has 0 unspecified atom stereocenters. The lowest BCUT2D eigenvalue weighted by atomic mass is 10.2. The molecular formula is C20H14ClNS2. The number of hydrogen-bond donors (Lipinski definition) is 0. The zero-order valence-electron chi connectivity index (χ0n) is 13.0. The van der Waals surface area contributed by atoms with E-state index in [9.17, 15) is 0 Å². The Balaban J connectivity index is 1.63. The fourth-order valence-corrected chi connectivity index (χ4v) is 4.74. The Kier molecular flexibility index (Phi) is 4.31. The summed E-state index contributed by atoms with van der Waals surface area (Å²) in [5, 5.41) is 1.86. The first-order chi connectivity index (χ1) is 11.7. The third-order valence-corrected chi connectivity index (χ3v) is 6.55. The third-order valence-electron chi connectivity index (χ3n) is 3.78. The summed E-state index contributed by atoms with van der Waals surface area (Å²) >= 11 is 9.75. The van der Waals surface area contributed by atoms with E-state index in [2.05, 4.69) is 55.5 Å². The van der Waals surface area contributed by atoms with E-state index in [0.717, 1.165) is 26.0 Å². The average Bonchev–Trinajstić information content (AvgIpc) is 3.03. The first kappa shape index (κ1) is 15.7. The van der Waals surface area contributed by atoms with Crippen LogP contribution < -0.4 is 0 Å². The van der Waals surface area contributed by atoms with Crippen molar-refractivity contribution >= 4 is 44.9 Å². The van der Waals surface area contributed by atoms with Crippen LogP contribution in [0.4, 0.5) is 0 Å². The minimum absolute atomic E-state index is 0.801. The summed E-state index contributed by atoms with van der Waals surface area (Å²) in [7, 11) is 0. The van der Waals surface area contributed by atoms with Gasteiger partial charge in [-0.05, 0) is 42.8 Å². The molecule has 0 atom stereocenters. The fraction of sp³-hybridized carbons (Fsp3) is 0.0500. The Hall–Kier alpha value is -1.81. The molecule has 0 aliphatic heterocycles. The van der Waals surface area contributed by atoms with Crippen LogP contribution in [0.25, 0.3) is 20.8 Å². The molecule has 3 aromatic carbocycles. The van der Waals surface area contributed by atoms with E-state index in [-0.39, 0.29) is 0 Å². The van der Waals surface area contributed by atoms with Crippen LogP contribution in [-0.4, -0.2) is 4.98 Å². The maximum absolute atomic E-state index is 6.32. The van der Waals surface area contributed by atoms with Crippen LogP contribution >= 0.6 is 34.7 Å². The lowest BCUT2D eigenvalue weighted by Crippen LogP contribution is -1.82. The van der Waals surface area contributed by atoms with Crippen LogP contribution in [0.2, 0.25) is 5.02 Å². The number of aromatic nitrogens is 1. The van der Waals surface area contributed by atoms with E-state index in [0.29, 0.717) is 0 Å². The Morgan fingerprint density at radius 1 is 0.917 bits per heavy atom. The van der Waals surface area contributed by atoms with Crippen LogP contribution in [-0.2, 0) is 0 Å². The number of rotatable bonds is 3. The number of nitrogens with zero attached hydrogens (tertiary/aromatic N) is 1. The molecule has 4 aromatic rings. The van der Waals surface area contributed by atoms with Crippen LogP contribution in [0.15, 0.2) is 76.5 Å². The van der Waals surface area contributed by atoms with Gasteiger partial charge >= 0.3 is 0 Å². The fourth-order valence-electron chi connectivity index (χ4n) is 2.53. The van der Waals surface area contributed by atoms with Crippen molar-refractivity contribution in [1.82, 2.24) is 4.98 Å². The summed E-state index contributed by atoms with van der Waals surface area (Å²) < 4.78 is 1.22. The number of aryl methyl sites for hydroxylation is 1. The maximum Gasteiger partial charge on any atom is 0.124 e. The Labute approximate surface area is 154 Å². The second-order valence-electron chi connectivity index (χ2n) is 5.50. The van der Waals surface area contributed by atoms with Crippen LogP contribution in [0.5, 0.6) is 0 Å². The zero-order valence-corrected chi connectivity index (χ0v) is 15.4. The SMILES string of the molecule is Cc1cccc(Cl)c1Sc1ccc(-c2nc3ccccc3s2)cc1. The van der Waals surface area contributed by atoms with Crippen LogP contribution in [0.3, 0.4) is 0 Å². The first-order valence-corrected chi connectivity index (χ1v) is 9.61. The van der Waals surface area contributed by atoms with Crippen molar-refractivity contribution in [3.8, 4) is 10.6 Å². The molecule has 1 nitrogen and oxygen atoms in total. The summed E-state index contributed by atoms with van der Waals surface area (Å²) in [4.78, 5) is 7.01. The van der Waals surface area contributed by atoms with Crippen molar-refractivity contribution in [3.63, 3.8) is 0 Å². The molecule has 118 valence electrons. The van der Waals surface area contributed by atoms with Gasteiger partial charge in [0.2, 0.25) is 0 Å². The summed E-state index contributed by atoms with van der Waals surface area (Å²) in [5.41, 5.74) is 3.40. The predicted molar refractivity (Wildman–Crippen MR) is 105 cm³/mol. The molecule has 0 amide bonds. The molecule has 0 saturated carbocycles. The maximum atomic E-state index is 6.32. The van der Waals surface area contributed by atoms with Gasteiger partial charge in [0.25, 0.3) is 0 Å². The van der Waals surface area contributed by atoms with Crippen molar-refractivity contribution in [2.24, 2.45) is 0 Å². The van der Waals surface area contributed by atoms with Gasteiger partial charge in [-0.1, -0.05) is 59.8 Å². The monoisotopic (exact) mass is 367 g/mol. The quantitative estimate of drug-likeness (QED) is 0.383. The largest absolute Gasteiger partial charge is 0.236 e. The molecule has 0 spiro atoms. The predicted octanol–water partition coefficient (Wildman–Crippen LogP) is 7.08. The first-order valence-electron chi connectivity index (χ1n) is 7.60.